The number of carbonyl (C=O) groups excluding carboxylic acids is 2. The topological polar surface area (TPSA) is 111 Å². The maximum Gasteiger partial charge on any atom is 0.306 e. The minimum absolute atomic E-state index is 0.0364. The van der Waals surface area contributed by atoms with Crippen molar-refractivity contribution in [3.63, 3.8) is 0 Å². The molecule has 0 aliphatic heterocycles. The highest BCUT2D eigenvalue weighted by molar-refractivity contribution is 7.45. The molecule has 0 spiro atoms. The van der Waals surface area contributed by atoms with Gasteiger partial charge >= 0.3 is 11.9 Å². The molecule has 0 fully saturated rings. The van der Waals surface area contributed by atoms with Crippen molar-refractivity contribution in [1.29, 1.82) is 0 Å². The fraction of sp³-hybridized carbons (Fsp3) is 0.763. The van der Waals surface area contributed by atoms with Crippen molar-refractivity contribution in [2.24, 2.45) is 0 Å². The standard InChI is InChI=1S/C76H136NO8P/c1-6-8-10-12-14-16-18-20-22-24-26-28-30-32-34-36-37-38-39-41-42-44-46-48-50-52-54-56-58-60-62-64-66-68-75(78)82-72-74(73-84-86(80,81)83-71-70-77(3,4)5)85-76(79)69-67-65-63-61-59-57-55-53-51-49-47-45-43-40-35-33-31-29-27-25-23-21-19-17-15-13-11-9-7-2/h9,11,15,17,21,23-24,26-27,29,33,35,43,45,49,51,74H,6-8,10,12-14,16,18-20,22,25,28,30-32,34,36-42,44,46-48,50,52-73H2,1-5H3/b11-9-,17-15-,23-21-,26-24-,29-27-,35-33-,45-43-,51-49-. The number of phosphoric acid groups is 1. The lowest BCUT2D eigenvalue weighted by Gasteiger charge is -2.28. The Kier molecular flexibility index (Phi) is 64.0. The van der Waals surface area contributed by atoms with Crippen molar-refractivity contribution in [3.8, 4) is 0 Å². The van der Waals surface area contributed by atoms with Gasteiger partial charge in [-0.25, -0.2) is 0 Å². The van der Waals surface area contributed by atoms with Gasteiger partial charge in [0.1, 0.15) is 19.8 Å². The summed E-state index contributed by atoms with van der Waals surface area (Å²) in [6.45, 7) is 4.14. The molecule has 0 aliphatic carbocycles. The number of allylic oxidation sites excluding steroid dienone is 16. The van der Waals surface area contributed by atoms with E-state index >= 15 is 0 Å². The number of hydrogen-bond donors (Lipinski definition) is 0. The summed E-state index contributed by atoms with van der Waals surface area (Å²) in [7, 11) is 1.16. The van der Waals surface area contributed by atoms with Crippen LogP contribution >= 0.6 is 7.82 Å². The summed E-state index contributed by atoms with van der Waals surface area (Å²) in [4.78, 5) is 38.1. The van der Waals surface area contributed by atoms with Crippen LogP contribution in [0.15, 0.2) is 97.2 Å². The van der Waals surface area contributed by atoms with Gasteiger partial charge in [-0.15, -0.1) is 0 Å². The van der Waals surface area contributed by atoms with Gasteiger partial charge in [-0.05, 0) is 96.3 Å². The van der Waals surface area contributed by atoms with E-state index < -0.39 is 26.5 Å². The van der Waals surface area contributed by atoms with Crippen LogP contribution in [0.1, 0.15) is 322 Å². The number of likely N-dealkylation sites (N-methyl/N-ethyl adjacent to an activating group) is 1. The van der Waals surface area contributed by atoms with Crippen LogP contribution in [-0.4, -0.2) is 70.0 Å². The maximum atomic E-state index is 12.9. The van der Waals surface area contributed by atoms with Gasteiger partial charge in [0.2, 0.25) is 0 Å². The Labute approximate surface area is 532 Å². The van der Waals surface area contributed by atoms with Crippen LogP contribution in [0.4, 0.5) is 0 Å². The van der Waals surface area contributed by atoms with E-state index in [0.717, 1.165) is 89.9 Å². The highest BCUT2D eigenvalue weighted by atomic mass is 31.2. The molecule has 0 bridgehead atoms. The number of unbranched alkanes of at least 4 members (excludes halogenated alkanes) is 36. The third-order valence-electron chi connectivity index (χ3n) is 15.6. The Balaban J connectivity index is 4.05. The zero-order valence-electron chi connectivity index (χ0n) is 56.7. The molecule has 0 saturated heterocycles. The van der Waals surface area contributed by atoms with E-state index in [9.17, 15) is 19.0 Å². The molecule has 2 unspecified atom stereocenters. The highest BCUT2D eigenvalue weighted by Gasteiger charge is 2.22. The quantitative estimate of drug-likeness (QED) is 0.0195. The molecule has 0 N–H and O–H groups in total. The molecular weight excluding hydrogens is 1090 g/mol. The van der Waals surface area contributed by atoms with Crippen molar-refractivity contribution in [3.05, 3.63) is 97.2 Å². The van der Waals surface area contributed by atoms with E-state index in [1.54, 1.807) is 0 Å². The highest BCUT2D eigenvalue weighted by Crippen LogP contribution is 2.38. The molecule has 9 nitrogen and oxygen atoms in total. The lowest BCUT2D eigenvalue weighted by atomic mass is 10.0. The number of rotatable bonds is 66. The van der Waals surface area contributed by atoms with Gasteiger partial charge in [0, 0.05) is 12.8 Å². The van der Waals surface area contributed by atoms with E-state index in [-0.39, 0.29) is 32.0 Å². The first-order valence-electron chi connectivity index (χ1n) is 35.9. The Morgan fingerprint density at radius 3 is 1.00 bits per heavy atom. The number of esters is 2. The lowest BCUT2D eigenvalue weighted by Crippen LogP contribution is -2.37. The summed E-state index contributed by atoms with van der Waals surface area (Å²) in [5.41, 5.74) is 0. The predicted octanol–water partition coefficient (Wildman–Crippen LogP) is 22.9. The van der Waals surface area contributed by atoms with Crippen LogP contribution in [0.25, 0.3) is 0 Å². The molecule has 0 aromatic rings. The van der Waals surface area contributed by atoms with Crippen molar-refractivity contribution in [2.45, 2.75) is 328 Å². The van der Waals surface area contributed by atoms with Crippen LogP contribution in [0.2, 0.25) is 0 Å². The SMILES string of the molecule is CC/C=C\C/C=C\C/C=C\C/C=C\C/C=C\C/C=C\C/C=C\CCCCCCCCCC(=O)OC(COC(=O)CCCCCCCCCCCCCCCCCCCCCCC/C=C\CCCCCCCCCC)COP(=O)([O-])OCC[N+](C)(C)C. The van der Waals surface area contributed by atoms with E-state index in [4.69, 9.17) is 18.5 Å². The van der Waals surface area contributed by atoms with Gasteiger partial charge in [-0.2, -0.15) is 0 Å². The summed E-state index contributed by atoms with van der Waals surface area (Å²) >= 11 is 0. The molecule has 0 saturated carbocycles. The Morgan fingerprint density at radius 1 is 0.372 bits per heavy atom. The second kappa shape index (κ2) is 66.4. The van der Waals surface area contributed by atoms with Crippen molar-refractivity contribution in [2.75, 3.05) is 47.5 Å². The number of ether oxygens (including phenoxy) is 2. The minimum Gasteiger partial charge on any atom is -0.756 e. The molecule has 0 aromatic carbocycles. The molecule has 86 heavy (non-hydrogen) atoms. The molecule has 2 atom stereocenters. The maximum absolute atomic E-state index is 12.9. The normalized spacial score (nSPS) is 13.7. The smallest absolute Gasteiger partial charge is 0.306 e. The van der Waals surface area contributed by atoms with Crippen molar-refractivity contribution >= 4 is 19.8 Å². The number of quaternary nitrogens is 1. The predicted molar refractivity (Wildman–Crippen MR) is 369 cm³/mol. The molecule has 0 heterocycles. The van der Waals surface area contributed by atoms with Gasteiger partial charge in [-0.3, -0.25) is 14.2 Å². The monoisotopic (exact) mass is 1220 g/mol. The average Bonchev–Trinajstić information content (AvgIpc) is 3.67. The van der Waals surface area contributed by atoms with Gasteiger partial charge in [0.25, 0.3) is 7.82 Å². The number of nitrogens with zero attached hydrogens (tertiary/aromatic N) is 1. The summed E-state index contributed by atoms with van der Waals surface area (Å²) < 4.78 is 34.3. The summed E-state index contributed by atoms with van der Waals surface area (Å²) in [5, 5.41) is 0. The second-order valence-electron chi connectivity index (χ2n) is 25.2. The van der Waals surface area contributed by atoms with Gasteiger partial charge in [-0.1, -0.05) is 310 Å². The van der Waals surface area contributed by atoms with Crippen LogP contribution in [-0.2, 0) is 32.7 Å². The zero-order chi connectivity index (χ0) is 62.6. The minimum atomic E-state index is -4.65. The van der Waals surface area contributed by atoms with Gasteiger partial charge < -0.3 is 27.9 Å². The number of carbonyl (C=O) groups is 2. The first kappa shape index (κ1) is 82.9. The Hall–Kier alpha value is -3.07. The average molecular weight is 1220 g/mol. The molecule has 0 radical (unpaired) electrons. The summed E-state index contributed by atoms with van der Waals surface area (Å²) in [6, 6.07) is 0. The van der Waals surface area contributed by atoms with Crippen molar-refractivity contribution < 1.29 is 42.1 Å². The summed E-state index contributed by atoms with van der Waals surface area (Å²) in [5.74, 6) is -0.839. The van der Waals surface area contributed by atoms with E-state index in [2.05, 4.69) is 111 Å². The molecule has 0 amide bonds. The first-order valence-corrected chi connectivity index (χ1v) is 37.4. The molecule has 0 aliphatic rings. The zero-order valence-corrected chi connectivity index (χ0v) is 57.6. The van der Waals surface area contributed by atoms with Gasteiger partial charge in [0.05, 0.1) is 27.7 Å². The number of hydrogen-bond acceptors (Lipinski definition) is 8. The van der Waals surface area contributed by atoms with E-state index in [1.165, 1.54) is 199 Å². The fourth-order valence-corrected chi connectivity index (χ4v) is 10.8. The molecule has 10 heteroatoms. The third-order valence-corrected chi connectivity index (χ3v) is 16.6. The number of phosphoric ester groups is 1. The second-order valence-corrected chi connectivity index (χ2v) is 26.6. The first-order chi connectivity index (χ1) is 42.0. The largest absolute Gasteiger partial charge is 0.756 e. The van der Waals surface area contributed by atoms with Crippen LogP contribution in [0, 0.1) is 0 Å². The molecule has 498 valence electrons. The van der Waals surface area contributed by atoms with Crippen LogP contribution in [0.5, 0.6) is 0 Å². The summed E-state index contributed by atoms with van der Waals surface area (Å²) in [6.07, 6.45) is 92.1. The lowest BCUT2D eigenvalue weighted by molar-refractivity contribution is -0.870. The van der Waals surface area contributed by atoms with Gasteiger partial charge in [0.15, 0.2) is 6.10 Å². The van der Waals surface area contributed by atoms with E-state index in [0.29, 0.717) is 17.4 Å². The van der Waals surface area contributed by atoms with Crippen LogP contribution < -0.4 is 4.89 Å². The fourth-order valence-electron chi connectivity index (χ4n) is 10.1. The molecule has 0 aromatic heterocycles. The van der Waals surface area contributed by atoms with Crippen molar-refractivity contribution in [1.82, 2.24) is 0 Å². The third kappa shape index (κ3) is 70.0. The Morgan fingerprint density at radius 2 is 0.663 bits per heavy atom. The van der Waals surface area contributed by atoms with E-state index in [1.807, 2.05) is 21.1 Å². The van der Waals surface area contributed by atoms with Crippen LogP contribution in [0.3, 0.4) is 0 Å². The Bertz CT molecular complexity index is 1770. The molecule has 0 rings (SSSR count). The molecular formula is C76H136NO8P.